The summed E-state index contributed by atoms with van der Waals surface area (Å²) in [6, 6.07) is 7.01. The molecule has 1 N–H and O–H groups in total. The predicted molar refractivity (Wildman–Crippen MR) is 71.2 cm³/mol. The van der Waals surface area contributed by atoms with Crippen LogP contribution in [0.15, 0.2) is 24.3 Å². The van der Waals surface area contributed by atoms with Crippen molar-refractivity contribution in [2.45, 2.75) is 31.4 Å². The van der Waals surface area contributed by atoms with Crippen molar-refractivity contribution in [1.29, 1.82) is 0 Å². The fourth-order valence-electron chi connectivity index (χ4n) is 3.04. The van der Waals surface area contributed by atoms with E-state index in [4.69, 9.17) is 4.74 Å². The maximum atomic E-state index is 12.6. The average Bonchev–Trinajstić information content (AvgIpc) is 2.95. The first-order valence-corrected chi connectivity index (χ1v) is 6.91. The minimum Gasteiger partial charge on any atom is -0.480 e. The lowest BCUT2D eigenvalue weighted by Gasteiger charge is -2.30. The Bertz CT molecular complexity index is 542. The zero-order valence-corrected chi connectivity index (χ0v) is 11.1. The summed E-state index contributed by atoms with van der Waals surface area (Å²) in [5.41, 5.74) is 1.99. The number of likely N-dealkylation sites (tertiary alicyclic amines) is 1. The number of carboxylic acids is 1. The summed E-state index contributed by atoms with van der Waals surface area (Å²) < 4.78 is 5.62. The fourth-order valence-corrected chi connectivity index (χ4v) is 3.04. The molecule has 0 saturated carbocycles. The van der Waals surface area contributed by atoms with Gasteiger partial charge >= 0.3 is 5.97 Å². The molecule has 1 saturated heterocycles. The van der Waals surface area contributed by atoms with Crippen LogP contribution < -0.4 is 0 Å². The van der Waals surface area contributed by atoms with E-state index in [0.717, 1.165) is 24.0 Å². The van der Waals surface area contributed by atoms with E-state index in [0.29, 0.717) is 19.6 Å². The summed E-state index contributed by atoms with van der Waals surface area (Å²) in [6.45, 7) is 0.997. The third-order valence-electron chi connectivity index (χ3n) is 4.04. The van der Waals surface area contributed by atoms with Crippen LogP contribution in [0.2, 0.25) is 0 Å². The molecule has 20 heavy (non-hydrogen) atoms. The topological polar surface area (TPSA) is 66.8 Å². The van der Waals surface area contributed by atoms with Crippen molar-refractivity contribution in [3.63, 3.8) is 0 Å². The maximum absolute atomic E-state index is 12.6. The number of nitrogens with zero attached hydrogens (tertiary/aromatic N) is 1. The van der Waals surface area contributed by atoms with Crippen molar-refractivity contribution in [2.75, 3.05) is 13.2 Å². The number of carboxylic acid groups (broad SMARTS) is 1. The van der Waals surface area contributed by atoms with Crippen molar-refractivity contribution in [3.05, 3.63) is 35.4 Å². The summed E-state index contributed by atoms with van der Waals surface area (Å²) in [7, 11) is 0. The Labute approximate surface area is 117 Å². The zero-order chi connectivity index (χ0) is 14.1. The van der Waals surface area contributed by atoms with Gasteiger partial charge in [0.1, 0.15) is 6.04 Å². The number of hydrogen-bond acceptors (Lipinski definition) is 3. The van der Waals surface area contributed by atoms with Crippen LogP contribution in [0.4, 0.5) is 0 Å². The van der Waals surface area contributed by atoms with Crippen LogP contribution in [0.5, 0.6) is 0 Å². The van der Waals surface area contributed by atoms with Crippen molar-refractivity contribution in [3.8, 4) is 0 Å². The minimum absolute atomic E-state index is 0.220. The van der Waals surface area contributed by atoms with E-state index in [9.17, 15) is 14.7 Å². The Morgan fingerprint density at radius 2 is 2.10 bits per heavy atom. The second-order valence-electron chi connectivity index (χ2n) is 5.23. The SMILES string of the molecule is O=C(O)[C@@H]1CCCN1C(=O)C1OCCc2ccccc21. The van der Waals surface area contributed by atoms with Crippen LogP contribution in [0, 0.1) is 0 Å². The lowest BCUT2D eigenvalue weighted by Crippen LogP contribution is -2.44. The summed E-state index contributed by atoms with van der Waals surface area (Å²) in [6.07, 6.45) is 1.40. The molecule has 0 bridgehead atoms. The molecular formula is C15H17NO4. The highest BCUT2D eigenvalue weighted by Crippen LogP contribution is 2.31. The number of hydrogen-bond donors (Lipinski definition) is 1. The number of aliphatic carboxylic acids is 1. The Balaban J connectivity index is 1.87. The third-order valence-corrected chi connectivity index (χ3v) is 4.04. The molecule has 3 rings (SSSR count). The molecule has 1 aromatic carbocycles. The van der Waals surface area contributed by atoms with Gasteiger partial charge in [0, 0.05) is 6.54 Å². The Hall–Kier alpha value is -1.88. The summed E-state index contributed by atoms with van der Waals surface area (Å²) >= 11 is 0. The van der Waals surface area contributed by atoms with E-state index in [1.807, 2.05) is 24.3 Å². The average molecular weight is 275 g/mol. The van der Waals surface area contributed by atoms with Crippen LogP contribution in [-0.2, 0) is 20.7 Å². The Kier molecular flexibility index (Phi) is 3.44. The molecule has 2 aliphatic rings. The molecule has 0 aromatic heterocycles. The summed E-state index contributed by atoms with van der Waals surface area (Å²) in [4.78, 5) is 25.3. The van der Waals surface area contributed by atoms with Crippen LogP contribution >= 0.6 is 0 Å². The van der Waals surface area contributed by atoms with E-state index in [2.05, 4.69) is 0 Å². The molecule has 0 spiro atoms. The lowest BCUT2D eigenvalue weighted by atomic mass is 9.96. The number of benzene rings is 1. The smallest absolute Gasteiger partial charge is 0.326 e. The molecule has 5 nitrogen and oxygen atoms in total. The molecule has 1 aromatic rings. The van der Waals surface area contributed by atoms with Gasteiger partial charge in [0.25, 0.3) is 5.91 Å². The standard InChI is InChI=1S/C15H17NO4/c17-14(16-8-3-6-12(16)15(18)19)13-11-5-2-1-4-10(11)7-9-20-13/h1-2,4-5,12-13H,3,6-9H2,(H,18,19)/t12-,13?/m0/s1. The van der Waals surface area contributed by atoms with Gasteiger partial charge in [-0.05, 0) is 30.4 Å². The quantitative estimate of drug-likeness (QED) is 0.885. The van der Waals surface area contributed by atoms with Crippen LogP contribution in [0.3, 0.4) is 0 Å². The van der Waals surface area contributed by atoms with Crippen LogP contribution in [0.1, 0.15) is 30.1 Å². The van der Waals surface area contributed by atoms with Gasteiger partial charge in [-0.2, -0.15) is 0 Å². The van der Waals surface area contributed by atoms with Crippen LogP contribution in [-0.4, -0.2) is 41.1 Å². The van der Waals surface area contributed by atoms with Crippen LogP contribution in [0.25, 0.3) is 0 Å². The predicted octanol–water partition coefficient (Wildman–Crippen LogP) is 1.38. The molecular weight excluding hydrogens is 258 g/mol. The van der Waals surface area contributed by atoms with E-state index in [-0.39, 0.29) is 5.91 Å². The van der Waals surface area contributed by atoms with Gasteiger partial charge in [0.2, 0.25) is 0 Å². The number of fused-ring (bicyclic) bond motifs is 1. The number of ether oxygens (including phenoxy) is 1. The van der Waals surface area contributed by atoms with Gasteiger partial charge in [-0.15, -0.1) is 0 Å². The van der Waals surface area contributed by atoms with Crippen molar-refractivity contribution in [2.24, 2.45) is 0 Å². The monoisotopic (exact) mass is 275 g/mol. The van der Waals surface area contributed by atoms with Crippen molar-refractivity contribution in [1.82, 2.24) is 4.90 Å². The highest BCUT2D eigenvalue weighted by Gasteiger charge is 2.39. The molecule has 1 unspecified atom stereocenters. The number of amides is 1. The second-order valence-corrected chi connectivity index (χ2v) is 5.23. The molecule has 2 aliphatic heterocycles. The van der Waals surface area contributed by atoms with Gasteiger partial charge in [0.05, 0.1) is 6.61 Å². The second kappa shape index (κ2) is 5.25. The molecule has 106 valence electrons. The third kappa shape index (κ3) is 2.18. The van der Waals surface area contributed by atoms with Gasteiger partial charge in [-0.1, -0.05) is 24.3 Å². The molecule has 0 aliphatic carbocycles. The Morgan fingerprint density at radius 3 is 2.90 bits per heavy atom. The number of carbonyl (C=O) groups is 2. The molecule has 0 radical (unpaired) electrons. The van der Waals surface area contributed by atoms with Gasteiger partial charge < -0.3 is 14.7 Å². The molecule has 1 fully saturated rings. The van der Waals surface area contributed by atoms with E-state index < -0.39 is 18.1 Å². The van der Waals surface area contributed by atoms with Gasteiger partial charge in [0.15, 0.2) is 6.10 Å². The van der Waals surface area contributed by atoms with Gasteiger partial charge in [-0.25, -0.2) is 4.79 Å². The summed E-state index contributed by atoms with van der Waals surface area (Å²) in [5.74, 6) is -1.15. The van der Waals surface area contributed by atoms with Crippen molar-refractivity contribution >= 4 is 11.9 Å². The zero-order valence-electron chi connectivity index (χ0n) is 11.1. The van der Waals surface area contributed by atoms with E-state index >= 15 is 0 Å². The highest BCUT2D eigenvalue weighted by molar-refractivity contribution is 5.88. The normalized spacial score (nSPS) is 25.3. The van der Waals surface area contributed by atoms with Gasteiger partial charge in [-0.3, -0.25) is 4.79 Å². The molecule has 1 amide bonds. The number of rotatable bonds is 2. The molecule has 5 heteroatoms. The lowest BCUT2D eigenvalue weighted by molar-refractivity contribution is -0.154. The number of carbonyl (C=O) groups excluding carboxylic acids is 1. The molecule has 2 heterocycles. The fraction of sp³-hybridized carbons (Fsp3) is 0.467. The first-order valence-electron chi connectivity index (χ1n) is 6.91. The van der Waals surface area contributed by atoms with E-state index in [1.165, 1.54) is 4.90 Å². The minimum atomic E-state index is -0.931. The largest absolute Gasteiger partial charge is 0.480 e. The summed E-state index contributed by atoms with van der Waals surface area (Å²) in [5, 5.41) is 9.19. The Morgan fingerprint density at radius 1 is 1.30 bits per heavy atom. The maximum Gasteiger partial charge on any atom is 0.326 e. The first-order chi connectivity index (χ1) is 9.68. The van der Waals surface area contributed by atoms with E-state index in [1.54, 1.807) is 0 Å². The van der Waals surface area contributed by atoms with Crippen molar-refractivity contribution < 1.29 is 19.4 Å². The molecule has 2 atom stereocenters. The first kappa shape index (κ1) is 13.1. The highest BCUT2D eigenvalue weighted by atomic mass is 16.5.